The molecule has 0 aliphatic heterocycles. The summed E-state index contributed by atoms with van der Waals surface area (Å²) in [5.74, 6) is 0. The molecule has 1 N–H and O–H groups in total. The van der Waals surface area contributed by atoms with Gasteiger partial charge < -0.3 is 5.21 Å². The fourth-order valence-electron chi connectivity index (χ4n) is 0.973. The van der Waals surface area contributed by atoms with Crippen molar-refractivity contribution in [3.63, 3.8) is 0 Å². The van der Waals surface area contributed by atoms with Crippen molar-refractivity contribution < 1.29 is 5.21 Å². The van der Waals surface area contributed by atoms with Crippen molar-refractivity contribution in [3.05, 3.63) is 48.0 Å². The number of hydrogen-bond donors (Lipinski definition) is 1. The minimum Gasteiger partial charge on any atom is -0.411 e. The second kappa shape index (κ2) is 4.34. The first kappa shape index (κ1) is 8.53. The third-order valence-corrected chi connectivity index (χ3v) is 1.57. The molecule has 0 radical (unpaired) electrons. The van der Waals surface area contributed by atoms with Crippen LogP contribution in [0.15, 0.2) is 42.1 Å². The van der Waals surface area contributed by atoms with E-state index in [-0.39, 0.29) is 0 Å². The largest absolute Gasteiger partial charge is 0.411 e. The zero-order valence-corrected chi connectivity index (χ0v) is 6.77. The summed E-state index contributed by atoms with van der Waals surface area (Å²) in [7, 11) is 0. The van der Waals surface area contributed by atoms with Crippen LogP contribution in [0.2, 0.25) is 0 Å². The van der Waals surface area contributed by atoms with Gasteiger partial charge in [0.2, 0.25) is 0 Å². The lowest BCUT2D eigenvalue weighted by atomic mass is 10.1. The summed E-state index contributed by atoms with van der Waals surface area (Å²) in [4.78, 5) is 0. The Bertz CT molecular complexity index is 274. The van der Waals surface area contributed by atoms with Gasteiger partial charge in [0.25, 0.3) is 0 Å². The van der Waals surface area contributed by atoms with E-state index in [0.29, 0.717) is 0 Å². The summed E-state index contributed by atoms with van der Waals surface area (Å²) in [5.41, 5.74) is 2.10. The average molecular weight is 161 g/mol. The second-order valence-electron chi connectivity index (χ2n) is 2.48. The molecule has 0 spiro atoms. The van der Waals surface area contributed by atoms with Gasteiger partial charge in [-0.3, -0.25) is 0 Å². The minimum absolute atomic E-state index is 0.872. The van der Waals surface area contributed by atoms with Crippen LogP contribution in [0.4, 0.5) is 0 Å². The van der Waals surface area contributed by atoms with Crippen molar-refractivity contribution in [1.82, 2.24) is 0 Å². The van der Waals surface area contributed by atoms with Gasteiger partial charge in [-0.1, -0.05) is 35.5 Å². The van der Waals surface area contributed by atoms with E-state index < -0.39 is 0 Å². The Labute approximate surface area is 71.8 Å². The molecule has 0 amide bonds. The van der Waals surface area contributed by atoms with Crippen LogP contribution in [0.25, 0.3) is 0 Å². The number of allylic oxidation sites excluding steroid dienone is 1. The number of rotatable bonds is 3. The van der Waals surface area contributed by atoms with E-state index >= 15 is 0 Å². The lowest BCUT2D eigenvalue weighted by molar-refractivity contribution is 0.322. The molecule has 0 atom stereocenters. The molecule has 62 valence electrons. The quantitative estimate of drug-likeness (QED) is 0.313. The molecule has 0 aliphatic carbocycles. The highest BCUT2D eigenvalue weighted by atomic mass is 16.4. The van der Waals surface area contributed by atoms with Crippen LogP contribution in [-0.2, 0) is 6.42 Å². The van der Waals surface area contributed by atoms with Gasteiger partial charge in [0, 0.05) is 0 Å². The smallest absolute Gasteiger partial charge is 0.0733 e. The van der Waals surface area contributed by atoms with Crippen LogP contribution >= 0.6 is 0 Å². The van der Waals surface area contributed by atoms with Crippen LogP contribution < -0.4 is 0 Å². The van der Waals surface area contributed by atoms with E-state index in [0.717, 1.165) is 12.0 Å². The Morgan fingerprint density at radius 2 is 2.00 bits per heavy atom. The lowest BCUT2D eigenvalue weighted by Gasteiger charge is -1.95. The van der Waals surface area contributed by atoms with Crippen molar-refractivity contribution in [2.24, 2.45) is 5.16 Å². The van der Waals surface area contributed by atoms with Gasteiger partial charge in [-0.2, -0.15) is 0 Å². The molecular weight excluding hydrogens is 150 g/mol. The van der Waals surface area contributed by atoms with E-state index in [1.165, 1.54) is 11.8 Å². The van der Waals surface area contributed by atoms with Gasteiger partial charge in [0.1, 0.15) is 0 Å². The van der Waals surface area contributed by atoms with Gasteiger partial charge in [-0.05, 0) is 17.5 Å². The molecule has 2 heteroatoms. The normalized spacial score (nSPS) is 10.3. The maximum Gasteiger partial charge on any atom is 0.0733 e. The first-order valence-corrected chi connectivity index (χ1v) is 3.74. The highest BCUT2D eigenvalue weighted by Gasteiger charge is 1.89. The SMILES string of the molecule is C=CCc1ccc(C=NO)cc1. The topological polar surface area (TPSA) is 32.6 Å². The minimum atomic E-state index is 0.872. The summed E-state index contributed by atoms with van der Waals surface area (Å²) >= 11 is 0. The first-order valence-electron chi connectivity index (χ1n) is 3.74. The molecule has 0 aliphatic rings. The van der Waals surface area contributed by atoms with Crippen molar-refractivity contribution in [3.8, 4) is 0 Å². The van der Waals surface area contributed by atoms with Crippen molar-refractivity contribution >= 4 is 6.21 Å². The molecular formula is C10H11NO. The van der Waals surface area contributed by atoms with E-state index in [1.54, 1.807) is 0 Å². The highest BCUT2D eigenvalue weighted by molar-refractivity contribution is 5.78. The molecule has 0 saturated carbocycles. The Hall–Kier alpha value is -1.57. The standard InChI is InChI=1S/C10H11NO/c1-2-3-9-4-6-10(7-5-9)8-11-12/h2,4-8,12H,1,3H2. The fraction of sp³-hybridized carbons (Fsp3) is 0.100. The zero-order valence-electron chi connectivity index (χ0n) is 6.77. The Kier molecular flexibility index (Phi) is 3.08. The molecule has 0 heterocycles. The molecule has 1 rings (SSSR count). The summed E-state index contributed by atoms with van der Waals surface area (Å²) in [6, 6.07) is 7.77. The van der Waals surface area contributed by atoms with Gasteiger partial charge in [-0.25, -0.2) is 0 Å². The van der Waals surface area contributed by atoms with Crippen LogP contribution in [-0.4, -0.2) is 11.4 Å². The number of nitrogens with zero attached hydrogens (tertiary/aromatic N) is 1. The van der Waals surface area contributed by atoms with Crippen molar-refractivity contribution in [2.45, 2.75) is 6.42 Å². The number of oxime groups is 1. The molecule has 2 nitrogen and oxygen atoms in total. The summed E-state index contributed by atoms with van der Waals surface area (Å²) < 4.78 is 0. The van der Waals surface area contributed by atoms with E-state index in [9.17, 15) is 0 Å². The average Bonchev–Trinajstić information content (AvgIpc) is 2.09. The zero-order chi connectivity index (χ0) is 8.81. The monoisotopic (exact) mass is 161 g/mol. The lowest BCUT2D eigenvalue weighted by Crippen LogP contribution is -1.83. The molecule has 12 heavy (non-hydrogen) atoms. The van der Waals surface area contributed by atoms with Crippen molar-refractivity contribution in [2.75, 3.05) is 0 Å². The summed E-state index contributed by atoms with van der Waals surface area (Å²) in [6.07, 6.45) is 4.13. The maximum atomic E-state index is 8.25. The predicted molar refractivity (Wildman–Crippen MR) is 49.7 cm³/mol. The highest BCUT2D eigenvalue weighted by Crippen LogP contribution is 2.03. The molecule has 0 unspecified atom stereocenters. The van der Waals surface area contributed by atoms with Gasteiger partial charge in [0.15, 0.2) is 0 Å². The first-order chi connectivity index (χ1) is 5.86. The van der Waals surface area contributed by atoms with E-state index in [4.69, 9.17) is 5.21 Å². The molecule has 1 aromatic rings. The maximum absolute atomic E-state index is 8.25. The number of benzene rings is 1. The molecule has 0 saturated heterocycles. The van der Waals surface area contributed by atoms with Gasteiger partial charge in [-0.15, -0.1) is 6.58 Å². The van der Waals surface area contributed by atoms with E-state index in [2.05, 4.69) is 11.7 Å². The Balaban J connectivity index is 2.77. The summed E-state index contributed by atoms with van der Waals surface area (Å²) in [5, 5.41) is 11.2. The van der Waals surface area contributed by atoms with E-state index in [1.807, 2.05) is 30.3 Å². The third-order valence-electron chi connectivity index (χ3n) is 1.57. The molecule has 0 aromatic heterocycles. The van der Waals surface area contributed by atoms with Gasteiger partial charge >= 0.3 is 0 Å². The molecule has 0 bridgehead atoms. The van der Waals surface area contributed by atoms with Crippen LogP contribution in [0.1, 0.15) is 11.1 Å². The van der Waals surface area contributed by atoms with Gasteiger partial charge in [0.05, 0.1) is 6.21 Å². The summed E-state index contributed by atoms with van der Waals surface area (Å²) in [6.45, 7) is 3.65. The Morgan fingerprint density at radius 1 is 1.33 bits per heavy atom. The third kappa shape index (κ3) is 2.23. The van der Waals surface area contributed by atoms with Crippen LogP contribution in [0.3, 0.4) is 0 Å². The second-order valence-corrected chi connectivity index (χ2v) is 2.48. The number of hydrogen-bond acceptors (Lipinski definition) is 2. The predicted octanol–water partition coefficient (Wildman–Crippen LogP) is 2.22. The van der Waals surface area contributed by atoms with Crippen LogP contribution in [0.5, 0.6) is 0 Å². The van der Waals surface area contributed by atoms with Crippen LogP contribution in [0, 0.1) is 0 Å². The Morgan fingerprint density at radius 3 is 2.50 bits per heavy atom. The molecule has 1 aromatic carbocycles. The molecule has 0 fully saturated rings. The fourth-order valence-corrected chi connectivity index (χ4v) is 0.973. The van der Waals surface area contributed by atoms with Crippen molar-refractivity contribution in [1.29, 1.82) is 0 Å².